The van der Waals surface area contributed by atoms with Crippen LogP contribution in [0.4, 0.5) is 5.69 Å². The molecule has 4 heteroatoms. The molecule has 0 spiro atoms. The van der Waals surface area contributed by atoms with Crippen LogP contribution in [-0.4, -0.2) is 11.7 Å². The zero-order valence-electron chi connectivity index (χ0n) is 10.4. The summed E-state index contributed by atoms with van der Waals surface area (Å²) in [6, 6.07) is 14.0. The zero-order valence-corrected chi connectivity index (χ0v) is 11.1. The monoisotopic (exact) mass is 283 g/mol. The largest absolute Gasteiger partial charge is 0.321 e. The number of carbonyl (C=O) groups excluding carboxylic acids is 2. The normalized spacial score (nSPS) is 15.1. The molecule has 0 radical (unpaired) electrons. The first-order valence-corrected chi connectivity index (χ1v) is 6.46. The van der Waals surface area contributed by atoms with E-state index in [-0.39, 0.29) is 11.7 Å². The molecule has 1 amide bonds. The predicted molar refractivity (Wildman–Crippen MR) is 78.8 cm³/mol. The van der Waals surface area contributed by atoms with Crippen LogP contribution in [0.1, 0.15) is 15.9 Å². The van der Waals surface area contributed by atoms with Crippen molar-refractivity contribution in [2.24, 2.45) is 0 Å². The first-order chi connectivity index (χ1) is 9.66. The van der Waals surface area contributed by atoms with Crippen LogP contribution >= 0.6 is 11.6 Å². The van der Waals surface area contributed by atoms with Gasteiger partial charge in [0.1, 0.15) is 0 Å². The summed E-state index contributed by atoms with van der Waals surface area (Å²) >= 11 is 5.99. The molecule has 2 aromatic rings. The Labute approximate surface area is 120 Å². The molecule has 0 fully saturated rings. The van der Waals surface area contributed by atoms with Crippen LogP contribution < -0.4 is 5.32 Å². The molecule has 3 rings (SSSR count). The van der Waals surface area contributed by atoms with Gasteiger partial charge in [-0.25, -0.2) is 0 Å². The van der Waals surface area contributed by atoms with Crippen molar-refractivity contribution in [2.45, 2.75) is 0 Å². The number of anilines is 1. The van der Waals surface area contributed by atoms with Crippen LogP contribution in [0.5, 0.6) is 0 Å². The first kappa shape index (κ1) is 12.6. The fourth-order valence-corrected chi connectivity index (χ4v) is 2.38. The van der Waals surface area contributed by atoms with E-state index >= 15 is 0 Å². The molecule has 0 aromatic heterocycles. The highest BCUT2D eigenvalue weighted by molar-refractivity contribution is 6.38. The molecular formula is C16H10ClNO2. The van der Waals surface area contributed by atoms with Crippen LogP contribution in [0.2, 0.25) is 5.02 Å². The summed E-state index contributed by atoms with van der Waals surface area (Å²) in [6.45, 7) is 0. The second-order valence-corrected chi connectivity index (χ2v) is 4.81. The van der Waals surface area contributed by atoms with E-state index in [2.05, 4.69) is 5.32 Å². The lowest BCUT2D eigenvalue weighted by atomic mass is 10.0. The van der Waals surface area contributed by atoms with E-state index in [9.17, 15) is 9.59 Å². The van der Waals surface area contributed by atoms with Crippen molar-refractivity contribution >= 4 is 34.6 Å². The van der Waals surface area contributed by atoms with Gasteiger partial charge in [-0.3, -0.25) is 9.59 Å². The number of amides is 1. The van der Waals surface area contributed by atoms with Crippen LogP contribution in [-0.2, 0) is 4.79 Å². The molecular weight excluding hydrogens is 274 g/mol. The Morgan fingerprint density at radius 1 is 1.05 bits per heavy atom. The molecule has 0 aliphatic carbocycles. The van der Waals surface area contributed by atoms with Gasteiger partial charge in [0.25, 0.3) is 5.91 Å². The summed E-state index contributed by atoms with van der Waals surface area (Å²) in [5, 5.41) is 3.10. The minimum atomic E-state index is -0.280. The molecule has 1 aliphatic heterocycles. The third-order valence-electron chi connectivity index (χ3n) is 3.12. The number of benzene rings is 2. The Morgan fingerprint density at radius 3 is 2.55 bits per heavy atom. The number of halogens is 1. The third-order valence-corrected chi connectivity index (χ3v) is 3.45. The number of carbonyl (C=O) groups is 2. The smallest absolute Gasteiger partial charge is 0.256 e. The van der Waals surface area contributed by atoms with Crippen molar-refractivity contribution in [3.05, 3.63) is 70.8 Å². The molecule has 0 atom stereocenters. The lowest BCUT2D eigenvalue weighted by Crippen LogP contribution is -2.06. The van der Waals surface area contributed by atoms with Gasteiger partial charge in [0.15, 0.2) is 5.78 Å². The van der Waals surface area contributed by atoms with Crippen molar-refractivity contribution < 1.29 is 9.59 Å². The van der Waals surface area contributed by atoms with Crippen LogP contribution in [0.25, 0.3) is 5.57 Å². The lowest BCUT2D eigenvalue weighted by Gasteiger charge is -2.00. The van der Waals surface area contributed by atoms with E-state index in [1.807, 2.05) is 12.1 Å². The molecule has 20 heavy (non-hydrogen) atoms. The number of fused-ring (bicyclic) bond motifs is 1. The summed E-state index contributed by atoms with van der Waals surface area (Å²) in [7, 11) is 0. The van der Waals surface area contributed by atoms with Crippen molar-refractivity contribution in [1.82, 2.24) is 0 Å². The molecule has 3 nitrogen and oxygen atoms in total. The Morgan fingerprint density at radius 2 is 1.75 bits per heavy atom. The quantitative estimate of drug-likeness (QED) is 0.677. The summed E-state index contributed by atoms with van der Waals surface area (Å²) in [6.07, 6.45) is 1.34. The fraction of sp³-hybridized carbons (Fsp3) is 0. The maximum Gasteiger partial charge on any atom is 0.256 e. The summed E-state index contributed by atoms with van der Waals surface area (Å²) in [5.74, 6) is -0.552. The van der Waals surface area contributed by atoms with Gasteiger partial charge in [0.05, 0.1) is 10.6 Å². The molecule has 1 aliphatic rings. The van der Waals surface area contributed by atoms with E-state index in [1.165, 1.54) is 6.08 Å². The highest BCUT2D eigenvalue weighted by Gasteiger charge is 2.24. The van der Waals surface area contributed by atoms with Gasteiger partial charge in [0.2, 0.25) is 0 Å². The average Bonchev–Trinajstić information content (AvgIpc) is 2.76. The minimum Gasteiger partial charge on any atom is -0.321 e. The number of para-hydroxylation sites is 1. The maximum absolute atomic E-state index is 12.2. The van der Waals surface area contributed by atoms with Crippen molar-refractivity contribution in [2.75, 3.05) is 5.32 Å². The topological polar surface area (TPSA) is 46.2 Å². The Balaban J connectivity index is 2.03. The lowest BCUT2D eigenvalue weighted by molar-refractivity contribution is -0.110. The van der Waals surface area contributed by atoms with Crippen molar-refractivity contribution in [3.8, 4) is 0 Å². The van der Waals surface area contributed by atoms with E-state index < -0.39 is 0 Å². The first-order valence-electron chi connectivity index (χ1n) is 6.08. The van der Waals surface area contributed by atoms with Gasteiger partial charge in [-0.2, -0.15) is 0 Å². The SMILES string of the molecule is O=C1Nc2ccccc2/C1=C/C(=O)c1ccccc1Cl. The highest BCUT2D eigenvalue weighted by Crippen LogP contribution is 2.31. The number of nitrogens with one attached hydrogen (secondary N) is 1. The van der Waals surface area contributed by atoms with Gasteiger partial charge < -0.3 is 5.32 Å². The Bertz CT molecular complexity index is 750. The molecule has 0 unspecified atom stereocenters. The van der Waals surface area contributed by atoms with E-state index in [0.717, 1.165) is 11.3 Å². The van der Waals surface area contributed by atoms with Gasteiger partial charge in [-0.1, -0.05) is 41.9 Å². The van der Waals surface area contributed by atoms with E-state index in [0.29, 0.717) is 16.2 Å². The third kappa shape index (κ3) is 2.12. The molecule has 1 heterocycles. The van der Waals surface area contributed by atoms with Crippen LogP contribution in [0, 0.1) is 0 Å². The summed E-state index contributed by atoms with van der Waals surface area (Å²) < 4.78 is 0. The second-order valence-electron chi connectivity index (χ2n) is 4.40. The Hall–Kier alpha value is -2.39. The van der Waals surface area contributed by atoms with E-state index in [1.54, 1.807) is 36.4 Å². The predicted octanol–water partition coefficient (Wildman–Crippen LogP) is 3.56. The maximum atomic E-state index is 12.2. The number of rotatable bonds is 2. The molecule has 1 N–H and O–H groups in total. The minimum absolute atomic E-state index is 0.272. The van der Waals surface area contributed by atoms with Crippen molar-refractivity contribution in [3.63, 3.8) is 0 Å². The Kier molecular flexibility index (Phi) is 3.12. The summed E-state index contributed by atoms with van der Waals surface area (Å²) in [4.78, 5) is 24.2. The van der Waals surface area contributed by atoms with Crippen LogP contribution in [0.15, 0.2) is 54.6 Å². The standard InChI is InChI=1S/C16H10ClNO2/c17-13-7-3-1-6-11(13)15(19)9-12-10-5-2-4-8-14(10)18-16(12)20/h1-9H,(H,18,20)/b12-9-. The van der Waals surface area contributed by atoms with Gasteiger partial charge >= 0.3 is 0 Å². The van der Waals surface area contributed by atoms with Crippen molar-refractivity contribution in [1.29, 1.82) is 0 Å². The average molecular weight is 284 g/mol. The molecule has 0 saturated heterocycles. The second kappa shape index (κ2) is 4.94. The fourth-order valence-electron chi connectivity index (χ4n) is 2.15. The number of hydrogen-bond donors (Lipinski definition) is 1. The zero-order chi connectivity index (χ0) is 14.1. The molecule has 0 bridgehead atoms. The number of allylic oxidation sites excluding steroid dienone is 1. The summed E-state index contributed by atoms with van der Waals surface area (Å²) in [5.41, 5.74) is 2.21. The van der Waals surface area contributed by atoms with Gasteiger partial charge in [-0.15, -0.1) is 0 Å². The molecule has 98 valence electrons. The van der Waals surface area contributed by atoms with Gasteiger partial charge in [-0.05, 0) is 24.3 Å². The molecule has 0 saturated carbocycles. The van der Waals surface area contributed by atoms with Crippen LogP contribution in [0.3, 0.4) is 0 Å². The number of hydrogen-bond acceptors (Lipinski definition) is 2. The van der Waals surface area contributed by atoms with E-state index in [4.69, 9.17) is 11.6 Å². The molecule has 2 aromatic carbocycles. The number of ketones is 1. The van der Waals surface area contributed by atoms with Gasteiger partial charge in [0, 0.05) is 16.8 Å². The highest BCUT2D eigenvalue weighted by atomic mass is 35.5.